The van der Waals surface area contributed by atoms with E-state index in [9.17, 15) is 14.0 Å². The van der Waals surface area contributed by atoms with Crippen molar-refractivity contribution in [1.82, 2.24) is 25.2 Å². The third-order valence-corrected chi connectivity index (χ3v) is 6.51. The fraction of sp³-hybridized carbons (Fsp3) is 0.286. The van der Waals surface area contributed by atoms with Crippen molar-refractivity contribution < 1.29 is 18.7 Å². The van der Waals surface area contributed by atoms with Crippen molar-refractivity contribution in [3.63, 3.8) is 0 Å². The van der Waals surface area contributed by atoms with E-state index in [0.29, 0.717) is 24.2 Å². The summed E-state index contributed by atoms with van der Waals surface area (Å²) in [7, 11) is 0. The normalized spacial score (nSPS) is 16.0. The van der Waals surface area contributed by atoms with Gasteiger partial charge in [0.25, 0.3) is 0 Å². The second kappa shape index (κ2) is 11.3. The summed E-state index contributed by atoms with van der Waals surface area (Å²) < 4.78 is 21.2. The third-order valence-electron chi connectivity index (χ3n) is 6.51. The number of nitrogens with one attached hydrogen (secondary N) is 1. The van der Waals surface area contributed by atoms with E-state index < -0.39 is 11.9 Å². The van der Waals surface area contributed by atoms with Crippen molar-refractivity contribution >= 4 is 22.8 Å². The predicted octanol–water partition coefficient (Wildman–Crippen LogP) is 3.64. The van der Waals surface area contributed by atoms with Crippen LogP contribution in [0.25, 0.3) is 11.0 Å². The minimum absolute atomic E-state index is 0.100. The highest BCUT2D eigenvalue weighted by atomic mass is 19.1. The van der Waals surface area contributed by atoms with E-state index in [0.717, 1.165) is 23.9 Å². The molecule has 5 rings (SSSR count). The average Bonchev–Trinajstić information content (AvgIpc) is 3.59. The lowest BCUT2D eigenvalue weighted by molar-refractivity contribution is -0.143. The molecule has 2 heterocycles. The second-order valence-corrected chi connectivity index (χ2v) is 9.07. The van der Waals surface area contributed by atoms with Gasteiger partial charge in [-0.2, -0.15) is 0 Å². The minimum Gasteiger partial charge on any atom is -0.376 e. The molecule has 8 nitrogen and oxygen atoms in total. The van der Waals surface area contributed by atoms with Crippen LogP contribution in [0.4, 0.5) is 4.39 Å². The Bertz CT molecular complexity index is 1350. The summed E-state index contributed by atoms with van der Waals surface area (Å²) >= 11 is 0. The molecule has 1 N–H and O–H groups in total. The number of rotatable bonds is 9. The second-order valence-electron chi connectivity index (χ2n) is 9.07. The summed E-state index contributed by atoms with van der Waals surface area (Å²) in [4.78, 5) is 29.0. The smallest absolute Gasteiger partial charge is 0.247 e. The molecule has 0 bridgehead atoms. The highest BCUT2D eigenvalue weighted by Crippen LogP contribution is 2.26. The lowest BCUT2D eigenvalue weighted by Crippen LogP contribution is -2.47. The van der Waals surface area contributed by atoms with E-state index >= 15 is 0 Å². The molecular formula is C28H28FN5O3. The Morgan fingerprint density at radius 3 is 2.57 bits per heavy atom. The fourth-order valence-electron chi connectivity index (χ4n) is 4.61. The van der Waals surface area contributed by atoms with Gasteiger partial charge in [-0.1, -0.05) is 59.8 Å². The zero-order valence-corrected chi connectivity index (χ0v) is 20.3. The predicted molar refractivity (Wildman–Crippen MR) is 136 cm³/mol. The molecule has 2 amide bonds. The number of fused-ring (bicyclic) bond motifs is 1. The quantitative estimate of drug-likeness (QED) is 0.378. The Morgan fingerprint density at radius 2 is 1.81 bits per heavy atom. The molecule has 1 saturated heterocycles. The van der Waals surface area contributed by atoms with Crippen molar-refractivity contribution in [2.45, 2.75) is 38.1 Å². The number of benzene rings is 3. The number of amides is 2. The van der Waals surface area contributed by atoms with Crippen molar-refractivity contribution in [1.29, 1.82) is 0 Å². The molecule has 1 fully saturated rings. The number of halogens is 1. The molecule has 0 spiro atoms. The first-order chi connectivity index (χ1) is 18.1. The van der Waals surface area contributed by atoms with Gasteiger partial charge < -0.3 is 15.0 Å². The molecule has 3 aromatic carbocycles. The molecular weight excluding hydrogens is 473 g/mol. The first kappa shape index (κ1) is 24.6. The molecule has 1 aliphatic heterocycles. The number of para-hydroxylation sites is 1. The van der Waals surface area contributed by atoms with Crippen LogP contribution >= 0.6 is 0 Å². The fourth-order valence-corrected chi connectivity index (χ4v) is 4.61. The summed E-state index contributed by atoms with van der Waals surface area (Å²) in [5.74, 6) is -1.08. The van der Waals surface area contributed by atoms with Crippen LogP contribution in [-0.2, 0) is 27.4 Å². The van der Waals surface area contributed by atoms with Gasteiger partial charge in [0, 0.05) is 19.7 Å². The van der Waals surface area contributed by atoms with Crippen LogP contribution < -0.4 is 5.32 Å². The minimum atomic E-state index is -0.976. The lowest BCUT2D eigenvalue weighted by atomic mass is 10.0. The van der Waals surface area contributed by atoms with Crippen LogP contribution in [0.3, 0.4) is 0 Å². The molecule has 37 heavy (non-hydrogen) atoms. The Morgan fingerprint density at radius 1 is 1.05 bits per heavy atom. The number of aromatic nitrogens is 3. The number of carbonyl (C=O) groups excluding carboxylic acids is 2. The molecule has 2 atom stereocenters. The summed E-state index contributed by atoms with van der Waals surface area (Å²) in [6, 6.07) is 21.6. The molecule has 9 heteroatoms. The van der Waals surface area contributed by atoms with Gasteiger partial charge in [-0.15, -0.1) is 5.10 Å². The summed E-state index contributed by atoms with van der Waals surface area (Å²) in [6.07, 6.45) is 1.49. The SMILES string of the molecule is O=C(NCc1ccccc1)C(c1ccc(F)cc1)N(CC1CCCO1)C(=O)Cn1nnc2ccccc21. The lowest BCUT2D eigenvalue weighted by Gasteiger charge is -2.33. The largest absolute Gasteiger partial charge is 0.376 e. The standard InChI is InChI=1S/C28H28FN5O3/c29-22-14-12-21(13-15-22)27(28(36)30-17-20-7-2-1-3-8-20)33(18-23-9-6-16-37-23)26(35)19-34-25-11-5-4-10-24(25)31-32-34/h1-5,7-8,10-15,23,27H,6,9,16-19H2,(H,30,36). The highest BCUT2D eigenvalue weighted by molar-refractivity contribution is 5.89. The zero-order chi connectivity index (χ0) is 25.6. The van der Waals surface area contributed by atoms with Gasteiger partial charge in [-0.3, -0.25) is 9.59 Å². The van der Waals surface area contributed by atoms with Crippen LogP contribution in [-0.4, -0.2) is 51.0 Å². The van der Waals surface area contributed by atoms with E-state index in [1.165, 1.54) is 21.7 Å². The Hall–Kier alpha value is -4.11. The van der Waals surface area contributed by atoms with Gasteiger partial charge in [-0.25, -0.2) is 9.07 Å². The van der Waals surface area contributed by atoms with Crippen LogP contribution in [0, 0.1) is 5.82 Å². The first-order valence-electron chi connectivity index (χ1n) is 12.3. The van der Waals surface area contributed by atoms with E-state index in [2.05, 4.69) is 15.6 Å². The van der Waals surface area contributed by atoms with Gasteiger partial charge in [0.2, 0.25) is 11.8 Å². The third kappa shape index (κ3) is 5.83. The molecule has 0 saturated carbocycles. The highest BCUT2D eigenvalue weighted by Gasteiger charge is 2.34. The van der Waals surface area contributed by atoms with Crippen LogP contribution in [0.2, 0.25) is 0 Å². The van der Waals surface area contributed by atoms with E-state index in [4.69, 9.17) is 4.74 Å². The molecule has 2 unspecified atom stereocenters. The summed E-state index contributed by atoms with van der Waals surface area (Å²) in [5.41, 5.74) is 2.85. The number of ether oxygens (including phenoxy) is 1. The monoisotopic (exact) mass is 501 g/mol. The van der Waals surface area contributed by atoms with Crippen LogP contribution in [0.5, 0.6) is 0 Å². The topological polar surface area (TPSA) is 89.4 Å². The maximum Gasteiger partial charge on any atom is 0.247 e. The van der Waals surface area contributed by atoms with Crippen molar-refractivity contribution in [3.05, 3.63) is 95.8 Å². The molecule has 190 valence electrons. The van der Waals surface area contributed by atoms with E-state index in [1.807, 2.05) is 54.6 Å². The Labute approximate surface area is 214 Å². The van der Waals surface area contributed by atoms with E-state index in [-0.39, 0.29) is 31.0 Å². The Balaban J connectivity index is 1.46. The first-order valence-corrected chi connectivity index (χ1v) is 12.3. The van der Waals surface area contributed by atoms with Crippen LogP contribution in [0.1, 0.15) is 30.0 Å². The maximum atomic E-state index is 13.8. The molecule has 1 aliphatic rings. The van der Waals surface area contributed by atoms with Gasteiger partial charge >= 0.3 is 0 Å². The summed E-state index contributed by atoms with van der Waals surface area (Å²) in [6.45, 7) is 1.04. The molecule has 0 aliphatic carbocycles. The zero-order valence-electron chi connectivity index (χ0n) is 20.3. The van der Waals surface area contributed by atoms with Gasteiger partial charge in [0.1, 0.15) is 23.9 Å². The van der Waals surface area contributed by atoms with Gasteiger partial charge in [-0.05, 0) is 48.2 Å². The van der Waals surface area contributed by atoms with Crippen molar-refractivity contribution in [2.75, 3.05) is 13.2 Å². The molecule has 1 aromatic heterocycles. The maximum absolute atomic E-state index is 13.8. The molecule has 0 radical (unpaired) electrons. The molecule has 4 aromatic rings. The van der Waals surface area contributed by atoms with Gasteiger partial charge in [0.15, 0.2) is 0 Å². The van der Waals surface area contributed by atoms with Crippen molar-refractivity contribution in [2.24, 2.45) is 0 Å². The average molecular weight is 502 g/mol. The summed E-state index contributed by atoms with van der Waals surface area (Å²) in [5, 5.41) is 11.3. The number of hydrogen-bond donors (Lipinski definition) is 1. The van der Waals surface area contributed by atoms with Crippen LogP contribution in [0.15, 0.2) is 78.9 Å². The van der Waals surface area contributed by atoms with E-state index in [1.54, 1.807) is 12.1 Å². The number of hydrogen-bond acceptors (Lipinski definition) is 5. The Kier molecular flexibility index (Phi) is 7.51. The van der Waals surface area contributed by atoms with Crippen molar-refractivity contribution in [3.8, 4) is 0 Å². The van der Waals surface area contributed by atoms with Gasteiger partial charge in [0.05, 0.1) is 11.6 Å². The number of nitrogens with zero attached hydrogens (tertiary/aromatic N) is 4. The number of carbonyl (C=O) groups is 2.